The smallest absolute Gasteiger partial charge is 0.336 e. The van der Waals surface area contributed by atoms with Crippen molar-refractivity contribution in [2.45, 2.75) is 13.5 Å². The van der Waals surface area contributed by atoms with Crippen molar-refractivity contribution in [3.63, 3.8) is 0 Å². The summed E-state index contributed by atoms with van der Waals surface area (Å²) in [7, 11) is 1.55. The Morgan fingerprint density at radius 2 is 1.84 bits per heavy atom. The summed E-state index contributed by atoms with van der Waals surface area (Å²) in [6.07, 6.45) is 0. The number of rotatable bonds is 6. The van der Waals surface area contributed by atoms with Crippen molar-refractivity contribution in [2.75, 3.05) is 45.2 Å². The van der Waals surface area contributed by atoms with E-state index in [1.807, 2.05) is 25.1 Å². The zero-order valence-corrected chi connectivity index (χ0v) is 18.9. The molecule has 4 rings (SSSR count). The molecular weight excluding hydrogens is 430 g/mol. The van der Waals surface area contributed by atoms with Crippen molar-refractivity contribution < 1.29 is 13.9 Å². The average Bonchev–Trinajstić information content (AvgIpc) is 2.75. The number of nitrogens with zero attached hydrogens (tertiary/aromatic N) is 2. The Labute approximate surface area is 191 Å². The lowest BCUT2D eigenvalue weighted by Crippen LogP contribution is -2.48. The van der Waals surface area contributed by atoms with Gasteiger partial charge in [-0.3, -0.25) is 14.6 Å². The van der Waals surface area contributed by atoms with Gasteiger partial charge in [0.15, 0.2) is 0 Å². The molecule has 1 aliphatic heterocycles. The summed E-state index contributed by atoms with van der Waals surface area (Å²) in [5.74, 6) is 0.461. The molecule has 32 heavy (non-hydrogen) atoms. The van der Waals surface area contributed by atoms with Gasteiger partial charge in [-0.15, -0.1) is 0 Å². The minimum atomic E-state index is -0.329. The molecule has 2 heterocycles. The highest BCUT2D eigenvalue weighted by atomic mass is 35.5. The average molecular weight is 456 g/mol. The van der Waals surface area contributed by atoms with Gasteiger partial charge in [-0.05, 0) is 42.3 Å². The first-order chi connectivity index (χ1) is 15.4. The van der Waals surface area contributed by atoms with Crippen molar-refractivity contribution in [2.24, 2.45) is 0 Å². The predicted octanol–water partition coefficient (Wildman–Crippen LogP) is 3.52. The number of hydrogen-bond acceptors (Lipinski definition) is 6. The van der Waals surface area contributed by atoms with E-state index < -0.39 is 0 Å². The van der Waals surface area contributed by atoms with E-state index in [-0.39, 0.29) is 11.5 Å². The van der Waals surface area contributed by atoms with Crippen LogP contribution >= 0.6 is 11.6 Å². The Hall–Kier alpha value is -2.87. The number of piperazine rings is 1. The summed E-state index contributed by atoms with van der Waals surface area (Å²) in [4.78, 5) is 28.9. The molecule has 0 saturated carbocycles. The first-order valence-electron chi connectivity index (χ1n) is 10.5. The third kappa shape index (κ3) is 5.30. The molecule has 0 unspecified atom stereocenters. The Bertz CT molecular complexity index is 1190. The first kappa shape index (κ1) is 22.3. The standard InChI is InChI=1S/C24H26ClN3O4/c1-16-3-5-19-17(12-24(30)32-22(19)11-16)14-27-7-9-28(10-8-27)15-23(29)26-20-13-18(25)4-6-21(20)31-2/h3-6,11-13H,7-10,14-15H2,1-2H3,(H,26,29). The lowest BCUT2D eigenvalue weighted by molar-refractivity contribution is -0.117. The zero-order valence-electron chi connectivity index (χ0n) is 18.2. The molecule has 0 spiro atoms. The van der Waals surface area contributed by atoms with Crippen LogP contribution in [0.2, 0.25) is 5.02 Å². The second kappa shape index (κ2) is 9.73. The van der Waals surface area contributed by atoms with Crippen LogP contribution in [-0.2, 0) is 11.3 Å². The Morgan fingerprint density at radius 3 is 2.59 bits per heavy atom. The fraction of sp³-hybridized carbons (Fsp3) is 0.333. The molecule has 1 amide bonds. The summed E-state index contributed by atoms with van der Waals surface area (Å²) in [6.45, 7) is 6.08. The molecule has 1 fully saturated rings. The van der Waals surface area contributed by atoms with Gasteiger partial charge in [-0.1, -0.05) is 23.7 Å². The van der Waals surface area contributed by atoms with Gasteiger partial charge in [-0.25, -0.2) is 4.79 Å². The third-order valence-electron chi connectivity index (χ3n) is 5.65. The normalized spacial score (nSPS) is 15.1. The van der Waals surface area contributed by atoms with Crippen LogP contribution in [0.5, 0.6) is 5.75 Å². The molecule has 0 radical (unpaired) electrons. The summed E-state index contributed by atoms with van der Waals surface area (Å²) in [5, 5.41) is 4.38. The number of hydrogen-bond donors (Lipinski definition) is 1. The van der Waals surface area contributed by atoms with E-state index in [0.717, 1.165) is 42.7 Å². The molecule has 168 valence electrons. The van der Waals surface area contributed by atoms with Gasteiger partial charge in [0, 0.05) is 49.2 Å². The summed E-state index contributed by atoms with van der Waals surface area (Å²) >= 11 is 6.04. The largest absolute Gasteiger partial charge is 0.495 e. The van der Waals surface area contributed by atoms with E-state index in [0.29, 0.717) is 35.1 Å². The number of halogens is 1. The van der Waals surface area contributed by atoms with Crippen molar-refractivity contribution in [1.29, 1.82) is 0 Å². The predicted molar refractivity (Wildman–Crippen MR) is 126 cm³/mol. The van der Waals surface area contributed by atoms with Crippen LogP contribution < -0.4 is 15.7 Å². The molecule has 1 aromatic heterocycles. The van der Waals surface area contributed by atoms with Gasteiger partial charge in [-0.2, -0.15) is 0 Å². The Morgan fingerprint density at radius 1 is 1.09 bits per heavy atom. The van der Waals surface area contributed by atoms with Crippen molar-refractivity contribution in [3.05, 3.63) is 69.0 Å². The topological polar surface area (TPSA) is 75.0 Å². The zero-order chi connectivity index (χ0) is 22.7. The second-order valence-electron chi connectivity index (χ2n) is 8.04. The highest BCUT2D eigenvalue weighted by Crippen LogP contribution is 2.27. The maximum Gasteiger partial charge on any atom is 0.336 e. The van der Waals surface area contributed by atoms with Gasteiger partial charge >= 0.3 is 5.63 Å². The molecule has 3 aromatic rings. The molecule has 1 saturated heterocycles. The van der Waals surface area contributed by atoms with E-state index in [1.54, 1.807) is 31.4 Å². The van der Waals surface area contributed by atoms with E-state index in [1.165, 1.54) is 0 Å². The fourth-order valence-corrected chi connectivity index (χ4v) is 4.16. The van der Waals surface area contributed by atoms with E-state index in [4.69, 9.17) is 20.8 Å². The Kier molecular flexibility index (Phi) is 6.79. The van der Waals surface area contributed by atoms with Gasteiger partial charge in [0.25, 0.3) is 0 Å². The molecule has 7 nitrogen and oxygen atoms in total. The number of fused-ring (bicyclic) bond motifs is 1. The fourth-order valence-electron chi connectivity index (χ4n) is 3.99. The van der Waals surface area contributed by atoms with Gasteiger partial charge < -0.3 is 14.5 Å². The molecule has 1 aliphatic rings. The van der Waals surface area contributed by atoms with Crippen LogP contribution in [0.15, 0.2) is 51.7 Å². The maximum absolute atomic E-state index is 12.5. The van der Waals surface area contributed by atoms with Crippen LogP contribution in [-0.4, -0.2) is 55.5 Å². The van der Waals surface area contributed by atoms with Crippen LogP contribution in [0.1, 0.15) is 11.1 Å². The van der Waals surface area contributed by atoms with E-state index >= 15 is 0 Å². The second-order valence-corrected chi connectivity index (χ2v) is 8.47. The molecule has 0 bridgehead atoms. The number of carbonyl (C=O) groups excluding carboxylic acids is 1. The summed E-state index contributed by atoms with van der Waals surface area (Å²) in [5.41, 5.74) is 2.88. The summed E-state index contributed by atoms with van der Waals surface area (Å²) < 4.78 is 10.6. The number of anilines is 1. The lowest BCUT2D eigenvalue weighted by Gasteiger charge is -2.34. The SMILES string of the molecule is COc1ccc(Cl)cc1NC(=O)CN1CCN(Cc2cc(=O)oc3cc(C)ccc23)CC1. The van der Waals surface area contributed by atoms with Gasteiger partial charge in [0.1, 0.15) is 11.3 Å². The van der Waals surface area contributed by atoms with E-state index in [9.17, 15) is 9.59 Å². The quantitative estimate of drug-likeness (QED) is 0.573. The highest BCUT2D eigenvalue weighted by molar-refractivity contribution is 6.31. The molecule has 8 heteroatoms. The molecule has 1 N–H and O–H groups in total. The van der Waals surface area contributed by atoms with Crippen LogP contribution in [0, 0.1) is 6.92 Å². The Balaban J connectivity index is 1.34. The number of amides is 1. The van der Waals surface area contributed by atoms with Crippen LogP contribution in [0.4, 0.5) is 5.69 Å². The molecular formula is C24H26ClN3O4. The highest BCUT2D eigenvalue weighted by Gasteiger charge is 2.20. The number of aryl methyl sites for hydroxylation is 1. The monoisotopic (exact) mass is 455 g/mol. The lowest BCUT2D eigenvalue weighted by atomic mass is 10.1. The van der Waals surface area contributed by atoms with E-state index in [2.05, 4.69) is 15.1 Å². The number of carbonyl (C=O) groups is 1. The molecule has 0 atom stereocenters. The third-order valence-corrected chi connectivity index (χ3v) is 5.88. The van der Waals surface area contributed by atoms with Crippen molar-refractivity contribution in [3.8, 4) is 5.75 Å². The number of ether oxygens (including phenoxy) is 1. The van der Waals surface area contributed by atoms with Gasteiger partial charge in [0.05, 0.1) is 19.3 Å². The molecule has 2 aromatic carbocycles. The minimum absolute atomic E-state index is 0.110. The van der Waals surface area contributed by atoms with Gasteiger partial charge in [0.2, 0.25) is 5.91 Å². The van der Waals surface area contributed by atoms with Crippen molar-refractivity contribution in [1.82, 2.24) is 9.80 Å². The van der Waals surface area contributed by atoms with Crippen molar-refractivity contribution >= 4 is 34.2 Å². The van der Waals surface area contributed by atoms with Crippen LogP contribution in [0.3, 0.4) is 0 Å². The molecule has 0 aliphatic carbocycles. The minimum Gasteiger partial charge on any atom is -0.495 e. The number of benzene rings is 2. The van der Waals surface area contributed by atoms with Crippen LogP contribution in [0.25, 0.3) is 11.0 Å². The summed E-state index contributed by atoms with van der Waals surface area (Å²) in [6, 6.07) is 12.6. The number of methoxy groups -OCH3 is 1. The number of nitrogens with one attached hydrogen (secondary N) is 1. The maximum atomic E-state index is 12.5. The first-order valence-corrected chi connectivity index (χ1v) is 10.9.